The van der Waals surface area contributed by atoms with Crippen LogP contribution < -0.4 is 5.32 Å². The van der Waals surface area contributed by atoms with Crippen molar-refractivity contribution in [2.45, 2.75) is 23.5 Å². The molecule has 0 bridgehead atoms. The van der Waals surface area contributed by atoms with E-state index in [4.69, 9.17) is 0 Å². The Kier molecular flexibility index (Phi) is 5.06. The third-order valence-electron chi connectivity index (χ3n) is 4.63. The van der Waals surface area contributed by atoms with Gasteiger partial charge in [-0.05, 0) is 30.2 Å². The van der Waals surface area contributed by atoms with Gasteiger partial charge in [-0.3, -0.25) is 10.1 Å². The molecule has 28 heavy (non-hydrogen) atoms. The SMILES string of the molecule is CN(C1CCNc2cc(C(F)(F)F)ccc21)S(=O)(=O)c1ccccc1[N+](=O)[O-]. The summed E-state index contributed by atoms with van der Waals surface area (Å²) in [5, 5.41) is 14.1. The third-order valence-corrected chi connectivity index (χ3v) is 6.54. The largest absolute Gasteiger partial charge is 0.416 e. The number of nitrogens with zero attached hydrogens (tertiary/aromatic N) is 2. The van der Waals surface area contributed by atoms with E-state index in [-0.39, 0.29) is 12.2 Å². The number of nitrogens with one attached hydrogen (secondary N) is 1. The maximum absolute atomic E-state index is 13.0. The van der Waals surface area contributed by atoms with Gasteiger partial charge in [0.15, 0.2) is 4.90 Å². The molecule has 0 aliphatic carbocycles. The summed E-state index contributed by atoms with van der Waals surface area (Å²) in [5.41, 5.74) is -0.834. The third kappa shape index (κ3) is 3.54. The van der Waals surface area contributed by atoms with Crippen molar-refractivity contribution >= 4 is 21.4 Å². The summed E-state index contributed by atoms with van der Waals surface area (Å²) in [6, 6.07) is 7.27. The van der Waals surface area contributed by atoms with Crippen LogP contribution in [0, 0.1) is 10.1 Å². The van der Waals surface area contributed by atoms with E-state index >= 15 is 0 Å². The molecule has 11 heteroatoms. The zero-order valence-electron chi connectivity index (χ0n) is 14.6. The Morgan fingerprint density at radius 2 is 1.89 bits per heavy atom. The lowest BCUT2D eigenvalue weighted by Gasteiger charge is -2.33. The number of halogens is 3. The lowest BCUT2D eigenvalue weighted by molar-refractivity contribution is -0.387. The first kappa shape index (κ1) is 20.1. The zero-order chi connectivity index (χ0) is 20.7. The molecule has 0 spiro atoms. The standard InChI is InChI=1S/C17H16F3N3O4S/c1-22(28(26,27)16-5-3-2-4-15(16)23(24)25)14-8-9-21-13-10-11(17(18,19)20)6-7-12(13)14/h2-7,10,14,21H,8-9H2,1H3. The summed E-state index contributed by atoms with van der Waals surface area (Å²) in [4.78, 5) is 9.95. The minimum Gasteiger partial charge on any atom is -0.385 e. The van der Waals surface area contributed by atoms with Crippen LogP contribution in [0.1, 0.15) is 23.6 Å². The number of fused-ring (bicyclic) bond motifs is 1. The van der Waals surface area contributed by atoms with Crippen molar-refractivity contribution < 1.29 is 26.5 Å². The predicted octanol–water partition coefficient (Wildman–Crippen LogP) is 3.79. The Balaban J connectivity index is 2.03. The molecule has 0 saturated carbocycles. The molecule has 0 amide bonds. The Labute approximate surface area is 159 Å². The van der Waals surface area contributed by atoms with Crippen molar-refractivity contribution in [2.24, 2.45) is 0 Å². The molecule has 7 nitrogen and oxygen atoms in total. The predicted molar refractivity (Wildman–Crippen MR) is 95.3 cm³/mol. The highest BCUT2D eigenvalue weighted by Gasteiger charge is 2.37. The lowest BCUT2D eigenvalue weighted by Crippen LogP contribution is -2.35. The second kappa shape index (κ2) is 7.06. The van der Waals surface area contributed by atoms with Crippen molar-refractivity contribution in [1.29, 1.82) is 0 Å². The molecular formula is C17H16F3N3O4S. The van der Waals surface area contributed by atoms with Crippen LogP contribution in [0.25, 0.3) is 0 Å². The van der Waals surface area contributed by atoms with Gasteiger partial charge < -0.3 is 5.32 Å². The minimum absolute atomic E-state index is 0.190. The molecule has 1 aliphatic heterocycles. The molecule has 3 rings (SSSR count). The van der Waals surface area contributed by atoms with E-state index in [0.717, 1.165) is 28.6 Å². The number of para-hydroxylation sites is 1. The summed E-state index contributed by atoms with van der Waals surface area (Å²) in [6.45, 7) is 0.260. The van der Waals surface area contributed by atoms with Crippen molar-refractivity contribution in [3.8, 4) is 0 Å². The van der Waals surface area contributed by atoms with Gasteiger partial charge in [-0.2, -0.15) is 17.5 Å². The minimum atomic E-state index is -4.52. The second-order valence-corrected chi connectivity index (χ2v) is 8.24. The van der Waals surface area contributed by atoms with Crippen LogP contribution in [0.15, 0.2) is 47.4 Å². The van der Waals surface area contributed by atoms with E-state index in [1.54, 1.807) is 0 Å². The van der Waals surface area contributed by atoms with Gasteiger partial charge in [0, 0.05) is 25.3 Å². The Morgan fingerprint density at radius 1 is 1.21 bits per heavy atom. The first-order valence-electron chi connectivity index (χ1n) is 8.20. The molecule has 0 saturated heterocycles. The molecule has 2 aromatic carbocycles. The molecule has 0 aromatic heterocycles. The smallest absolute Gasteiger partial charge is 0.385 e. The molecule has 0 radical (unpaired) electrons. The van der Waals surface area contributed by atoms with Crippen LogP contribution in [0.5, 0.6) is 0 Å². The molecule has 150 valence electrons. The molecule has 1 unspecified atom stereocenters. The quantitative estimate of drug-likeness (QED) is 0.606. The number of sulfonamides is 1. The molecule has 1 aliphatic rings. The number of nitro benzene ring substituents is 1. The number of rotatable bonds is 4. The average molecular weight is 415 g/mol. The topological polar surface area (TPSA) is 92.6 Å². The molecule has 1 N–H and O–H groups in total. The van der Waals surface area contributed by atoms with Gasteiger partial charge in [-0.15, -0.1) is 0 Å². The van der Waals surface area contributed by atoms with Gasteiger partial charge in [-0.1, -0.05) is 18.2 Å². The molecule has 0 fully saturated rings. The first-order valence-corrected chi connectivity index (χ1v) is 9.64. The van der Waals surface area contributed by atoms with Crippen LogP contribution in [0.4, 0.5) is 24.5 Å². The fourth-order valence-corrected chi connectivity index (χ4v) is 4.72. The van der Waals surface area contributed by atoms with E-state index in [0.29, 0.717) is 12.0 Å². The maximum atomic E-state index is 13.0. The van der Waals surface area contributed by atoms with Crippen molar-refractivity contribution in [1.82, 2.24) is 4.31 Å². The molecule has 2 aromatic rings. The Hall–Kier alpha value is -2.66. The summed E-state index contributed by atoms with van der Waals surface area (Å²) in [6.07, 6.45) is -4.22. The lowest BCUT2D eigenvalue weighted by atomic mass is 9.96. The summed E-state index contributed by atoms with van der Waals surface area (Å²) in [5.74, 6) is 0. The number of hydrogen-bond acceptors (Lipinski definition) is 5. The van der Waals surface area contributed by atoms with E-state index in [9.17, 15) is 31.7 Å². The van der Waals surface area contributed by atoms with Gasteiger partial charge in [0.2, 0.25) is 10.0 Å². The highest BCUT2D eigenvalue weighted by molar-refractivity contribution is 7.89. The van der Waals surface area contributed by atoms with Crippen LogP contribution >= 0.6 is 0 Å². The second-order valence-electron chi connectivity index (χ2n) is 6.28. The van der Waals surface area contributed by atoms with E-state index in [2.05, 4.69) is 5.32 Å². The van der Waals surface area contributed by atoms with Crippen LogP contribution in [-0.4, -0.2) is 31.2 Å². The molecular weight excluding hydrogens is 399 g/mol. The highest BCUT2D eigenvalue weighted by atomic mass is 32.2. The van der Waals surface area contributed by atoms with Gasteiger partial charge in [0.25, 0.3) is 5.69 Å². The van der Waals surface area contributed by atoms with Crippen molar-refractivity contribution in [3.63, 3.8) is 0 Å². The van der Waals surface area contributed by atoms with Gasteiger partial charge in [0.1, 0.15) is 0 Å². The van der Waals surface area contributed by atoms with E-state index < -0.39 is 43.3 Å². The van der Waals surface area contributed by atoms with Gasteiger partial charge in [0.05, 0.1) is 16.5 Å². The number of nitro groups is 1. The summed E-state index contributed by atoms with van der Waals surface area (Å²) in [7, 11) is -2.99. The van der Waals surface area contributed by atoms with E-state index in [1.807, 2.05) is 0 Å². The van der Waals surface area contributed by atoms with E-state index in [1.165, 1.54) is 25.2 Å². The normalized spacial score (nSPS) is 17.1. The summed E-state index contributed by atoms with van der Waals surface area (Å²) < 4.78 is 65.8. The Bertz CT molecular complexity index is 1020. The number of anilines is 1. The maximum Gasteiger partial charge on any atom is 0.416 e. The van der Waals surface area contributed by atoms with Crippen LogP contribution in [0.2, 0.25) is 0 Å². The monoisotopic (exact) mass is 415 g/mol. The van der Waals surface area contributed by atoms with Gasteiger partial charge >= 0.3 is 6.18 Å². The number of alkyl halides is 3. The molecule has 1 heterocycles. The zero-order valence-corrected chi connectivity index (χ0v) is 15.4. The average Bonchev–Trinajstić information content (AvgIpc) is 2.65. The van der Waals surface area contributed by atoms with Crippen molar-refractivity contribution in [3.05, 3.63) is 63.7 Å². The Morgan fingerprint density at radius 3 is 2.54 bits per heavy atom. The number of benzene rings is 2. The fraction of sp³-hybridized carbons (Fsp3) is 0.294. The van der Waals surface area contributed by atoms with Crippen LogP contribution in [0.3, 0.4) is 0 Å². The number of hydrogen-bond donors (Lipinski definition) is 1. The first-order chi connectivity index (χ1) is 13.0. The van der Waals surface area contributed by atoms with Crippen LogP contribution in [-0.2, 0) is 16.2 Å². The highest BCUT2D eigenvalue weighted by Crippen LogP contribution is 2.40. The summed E-state index contributed by atoms with van der Waals surface area (Å²) >= 11 is 0. The molecule has 1 atom stereocenters. The van der Waals surface area contributed by atoms with Gasteiger partial charge in [-0.25, -0.2) is 8.42 Å². The van der Waals surface area contributed by atoms with Crippen molar-refractivity contribution in [2.75, 3.05) is 18.9 Å². The fourth-order valence-electron chi connectivity index (χ4n) is 3.20.